The summed E-state index contributed by atoms with van der Waals surface area (Å²) in [6.45, 7) is 0.997. The van der Waals surface area contributed by atoms with E-state index in [0.717, 1.165) is 0 Å². The summed E-state index contributed by atoms with van der Waals surface area (Å²) < 4.78 is 24.2. The molecule has 1 saturated heterocycles. The van der Waals surface area contributed by atoms with Crippen molar-refractivity contribution in [3.63, 3.8) is 0 Å². The quantitative estimate of drug-likeness (QED) is 0.639. The standard InChI is InChI=1S/C24H24FN3O4/c1-31-18-3-5-19(6-4-18)32-14-22(29)28-10-8-15(9-11-28)23-20(24(26)30)13-16-12-17(25)2-7-21(16)27-23/h2-7,12-13,15H,8-11,14H2,1H3,(H2,26,30). The Labute approximate surface area is 184 Å². The molecule has 1 aliphatic rings. The van der Waals surface area contributed by atoms with Crippen molar-refractivity contribution in [2.45, 2.75) is 18.8 Å². The van der Waals surface area contributed by atoms with Gasteiger partial charge in [0.15, 0.2) is 6.61 Å². The molecule has 2 amide bonds. The zero-order valence-electron chi connectivity index (χ0n) is 17.7. The number of piperidine rings is 1. The largest absolute Gasteiger partial charge is 0.497 e. The summed E-state index contributed by atoms with van der Waals surface area (Å²) >= 11 is 0. The second-order valence-electron chi connectivity index (χ2n) is 7.74. The Balaban J connectivity index is 1.41. The Morgan fingerprint density at radius 3 is 2.44 bits per heavy atom. The van der Waals surface area contributed by atoms with Gasteiger partial charge in [-0.3, -0.25) is 14.6 Å². The number of rotatable bonds is 6. The molecule has 166 valence electrons. The number of hydrogen-bond acceptors (Lipinski definition) is 5. The topological polar surface area (TPSA) is 94.8 Å². The molecule has 3 aromatic rings. The van der Waals surface area contributed by atoms with Crippen LogP contribution in [0.25, 0.3) is 10.9 Å². The highest BCUT2D eigenvalue weighted by Crippen LogP contribution is 2.31. The summed E-state index contributed by atoms with van der Waals surface area (Å²) in [7, 11) is 1.59. The summed E-state index contributed by atoms with van der Waals surface area (Å²) in [6.07, 6.45) is 1.29. The average Bonchev–Trinajstić information content (AvgIpc) is 2.82. The maximum atomic E-state index is 13.6. The molecule has 0 radical (unpaired) electrons. The molecule has 7 nitrogen and oxygen atoms in total. The summed E-state index contributed by atoms with van der Waals surface area (Å²) in [6, 6.07) is 12.9. The molecule has 2 aromatic carbocycles. The lowest BCUT2D eigenvalue weighted by Gasteiger charge is -2.32. The number of methoxy groups -OCH3 is 1. The zero-order chi connectivity index (χ0) is 22.7. The molecule has 8 heteroatoms. The van der Waals surface area contributed by atoms with Crippen LogP contribution in [0.1, 0.15) is 34.8 Å². The Hall–Kier alpha value is -3.68. The SMILES string of the molecule is COc1ccc(OCC(=O)N2CCC(c3nc4ccc(F)cc4cc3C(N)=O)CC2)cc1. The normalized spacial score (nSPS) is 14.4. The van der Waals surface area contributed by atoms with Crippen molar-refractivity contribution in [1.29, 1.82) is 0 Å². The number of carbonyl (C=O) groups excluding carboxylic acids is 2. The van der Waals surface area contributed by atoms with Crippen LogP contribution in [0.4, 0.5) is 4.39 Å². The molecule has 0 saturated carbocycles. The molecule has 32 heavy (non-hydrogen) atoms. The molecule has 0 unspecified atom stereocenters. The Bertz CT molecular complexity index is 1140. The second-order valence-corrected chi connectivity index (χ2v) is 7.74. The lowest BCUT2D eigenvalue weighted by molar-refractivity contribution is -0.134. The zero-order valence-corrected chi connectivity index (χ0v) is 17.7. The van der Waals surface area contributed by atoms with Crippen LogP contribution in [0.5, 0.6) is 11.5 Å². The van der Waals surface area contributed by atoms with Gasteiger partial charge in [-0.25, -0.2) is 4.39 Å². The molecule has 0 atom stereocenters. The first kappa shape index (κ1) is 21.5. The second kappa shape index (κ2) is 9.21. The first-order valence-electron chi connectivity index (χ1n) is 10.4. The molecule has 0 bridgehead atoms. The smallest absolute Gasteiger partial charge is 0.260 e. The van der Waals surface area contributed by atoms with Crippen molar-refractivity contribution < 1.29 is 23.5 Å². The third kappa shape index (κ3) is 4.64. The lowest BCUT2D eigenvalue weighted by Crippen LogP contribution is -2.40. The molecule has 2 N–H and O–H groups in total. The van der Waals surface area contributed by atoms with Crippen LogP contribution in [0, 0.1) is 5.82 Å². The number of fused-ring (bicyclic) bond motifs is 1. The summed E-state index contributed by atoms with van der Waals surface area (Å²) in [5.41, 5.74) is 7.10. The monoisotopic (exact) mass is 437 g/mol. The maximum absolute atomic E-state index is 13.6. The Morgan fingerprint density at radius 1 is 1.09 bits per heavy atom. The molecule has 0 aliphatic carbocycles. The summed E-state index contributed by atoms with van der Waals surface area (Å²) in [4.78, 5) is 31.0. The Kier molecular flexibility index (Phi) is 6.20. The fourth-order valence-electron chi connectivity index (χ4n) is 3.98. The van der Waals surface area contributed by atoms with Gasteiger partial charge in [0.1, 0.15) is 17.3 Å². The number of carbonyl (C=O) groups is 2. The minimum absolute atomic E-state index is 0.0153. The average molecular weight is 437 g/mol. The van der Waals surface area contributed by atoms with Crippen molar-refractivity contribution in [2.75, 3.05) is 26.8 Å². The van der Waals surface area contributed by atoms with Crippen molar-refractivity contribution in [2.24, 2.45) is 5.73 Å². The van der Waals surface area contributed by atoms with Crippen LogP contribution in [0.3, 0.4) is 0 Å². The van der Waals surface area contributed by atoms with Crippen LogP contribution in [-0.2, 0) is 4.79 Å². The van der Waals surface area contributed by atoms with Gasteiger partial charge in [-0.15, -0.1) is 0 Å². The van der Waals surface area contributed by atoms with Gasteiger partial charge in [-0.2, -0.15) is 0 Å². The number of ether oxygens (including phenoxy) is 2. The van der Waals surface area contributed by atoms with E-state index < -0.39 is 11.7 Å². The van der Waals surface area contributed by atoms with Crippen LogP contribution >= 0.6 is 0 Å². The number of benzene rings is 2. The first-order valence-corrected chi connectivity index (χ1v) is 10.4. The number of amides is 2. The third-order valence-corrected chi connectivity index (χ3v) is 5.73. The van der Waals surface area contributed by atoms with E-state index in [1.807, 2.05) is 0 Å². The maximum Gasteiger partial charge on any atom is 0.260 e. The summed E-state index contributed by atoms with van der Waals surface area (Å²) in [5.74, 6) is 0.205. The van der Waals surface area contributed by atoms with E-state index in [2.05, 4.69) is 4.98 Å². The highest BCUT2D eigenvalue weighted by Gasteiger charge is 2.28. The molecule has 1 aromatic heterocycles. The molecular formula is C24H24FN3O4. The van der Waals surface area contributed by atoms with Gasteiger partial charge in [0, 0.05) is 24.4 Å². The third-order valence-electron chi connectivity index (χ3n) is 5.73. The van der Waals surface area contributed by atoms with E-state index in [9.17, 15) is 14.0 Å². The van der Waals surface area contributed by atoms with E-state index in [1.165, 1.54) is 12.1 Å². The van der Waals surface area contributed by atoms with Crippen LogP contribution < -0.4 is 15.2 Å². The van der Waals surface area contributed by atoms with Gasteiger partial charge < -0.3 is 20.1 Å². The Morgan fingerprint density at radius 2 is 1.78 bits per heavy atom. The molecule has 2 heterocycles. The van der Waals surface area contributed by atoms with Gasteiger partial charge in [0.05, 0.1) is 23.9 Å². The van der Waals surface area contributed by atoms with Crippen molar-refractivity contribution in [1.82, 2.24) is 9.88 Å². The highest BCUT2D eigenvalue weighted by atomic mass is 19.1. The van der Waals surface area contributed by atoms with E-state index >= 15 is 0 Å². The first-order chi connectivity index (χ1) is 15.4. The van der Waals surface area contributed by atoms with Crippen LogP contribution in [0.15, 0.2) is 48.5 Å². The molecule has 0 spiro atoms. The fraction of sp³-hybridized carbons (Fsp3) is 0.292. The van der Waals surface area contributed by atoms with Crippen LogP contribution in [0.2, 0.25) is 0 Å². The van der Waals surface area contributed by atoms with Gasteiger partial charge in [-0.1, -0.05) is 0 Å². The predicted octanol–water partition coefficient (Wildman–Crippen LogP) is 3.27. The van der Waals surface area contributed by atoms with E-state index in [1.54, 1.807) is 48.4 Å². The number of primary amides is 1. The van der Waals surface area contributed by atoms with Gasteiger partial charge in [0.2, 0.25) is 0 Å². The fourth-order valence-corrected chi connectivity index (χ4v) is 3.98. The van der Waals surface area contributed by atoms with Gasteiger partial charge >= 0.3 is 0 Å². The van der Waals surface area contributed by atoms with Crippen molar-refractivity contribution >= 4 is 22.7 Å². The van der Waals surface area contributed by atoms with E-state index in [4.69, 9.17) is 15.2 Å². The van der Waals surface area contributed by atoms with Gasteiger partial charge in [0.25, 0.3) is 11.8 Å². The van der Waals surface area contributed by atoms with E-state index in [-0.39, 0.29) is 18.4 Å². The minimum Gasteiger partial charge on any atom is -0.497 e. The summed E-state index contributed by atoms with van der Waals surface area (Å²) in [5, 5.41) is 0.533. The highest BCUT2D eigenvalue weighted by molar-refractivity contribution is 5.97. The molecule has 1 fully saturated rings. The number of nitrogens with zero attached hydrogens (tertiary/aromatic N) is 2. The number of hydrogen-bond donors (Lipinski definition) is 1. The number of nitrogens with two attached hydrogens (primary N) is 1. The molecular weight excluding hydrogens is 413 g/mol. The van der Waals surface area contributed by atoms with Crippen LogP contribution in [-0.4, -0.2) is 48.5 Å². The number of halogens is 1. The number of likely N-dealkylation sites (tertiary alicyclic amines) is 1. The van der Waals surface area contributed by atoms with Gasteiger partial charge in [-0.05, 0) is 61.4 Å². The molecule has 1 aliphatic heterocycles. The van der Waals surface area contributed by atoms with Crippen molar-refractivity contribution in [3.8, 4) is 11.5 Å². The number of aromatic nitrogens is 1. The lowest BCUT2D eigenvalue weighted by atomic mass is 9.89. The minimum atomic E-state index is -0.593. The van der Waals surface area contributed by atoms with E-state index in [0.29, 0.717) is 59.6 Å². The predicted molar refractivity (Wildman–Crippen MR) is 117 cm³/mol. The molecule has 4 rings (SSSR count). The van der Waals surface area contributed by atoms with Crippen molar-refractivity contribution in [3.05, 3.63) is 65.6 Å². The number of pyridine rings is 1.